The molecule has 36 heavy (non-hydrogen) atoms. The van der Waals surface area contributed by atoms with Crippen LogP contribution in [0, 0.1) is 19.8 Å². The lowest BCUT2D eigenvalue weighted by atomic mass is 10.1. The molecule has 0 saturated carbocycles. The Balaban J connectivity index is 1.18. The van der Waals surface area contributed by atoms with E-state index in [-0.39, 0.29) is 18.2 Å². The number of aryl methyl sites for hydroxylation is 2. The Morgan fingerprint density at radius 3 is 2.33 bits per heavy atom. The zero-order valence-corrected chi connectivity index (χ0v) is 20.5. The minimum atomic E-state index is -0.429. The molecule has 4 aromatic rings. The molecule has 1 saturated heterocycles. The van der Waals surface area contributed by atoms with Crippen molar-refractivity contribution in [2.75, 3.05) is 22.1 Å². The lowest BCUT2D eigenvalue weighted by Crippen LogP contribution is -2.28. The molecule has 1 fully saturated rings. The monoisotopic (exact) mass is 501 g/mol. The molecule has 1 aliphatic heterocycles. The van der Waals surface area contributed by atoms with Crippen LogP contribution in [-0.4, -0.2) is 38.3 Å². The van der Waals surface area contributed by atoms with Crippen molar-refractivity contribution in [3.05, 3.63) is 83.1 Å². The first-order valence-corrected chi connectivity index (χ1v) is 11.8. The van der Waals surface area contributed by atoms with Gasteiger partial charge in [0, 0.05) is 40.7 Å². The maximum atomic E-state index is 12.8. The van der Waals surface area contributed by atoms with Crippen LogP contribution in [0.4, 0.5) is 22.9 Å². The van der Waals surface area contributed by atoms with Gasteiger partial charge in [0.25, 0.3) is 0 Å². The normalized spacial score (nSPS) is 15.2. The first kappa shape index (κ1) is 23.5. The van der Waals surface area contributed by atoms with Gasteiger partial charge in [0.15, 0.2) is 11.6 Å². The third-order valence-corrected chi connectivity index (χ3v) is 6.19. The van der Waals surface area contributed by atoms with E-state index in [2.05, 4.69) is 25.9 Å². The van der Waals surface area contributed by atoms with E-state index in [1.165, 1.54) is 0 Å². The van der Waals surface area contributed by atoms with E-state index in [9.17, 15) is 9.59 Å². The van der Waals surface area contributed by atoms with Gasteiger partial charge in [-0.2, -0.15) is 5.10 Å². The highest BCUT2D eigenvalue weighted by molar-refractivity contribution is 6.30. The summed E-state index contributed by atoms with van der Waals surface area (Å²) in [6.07, 6.45) is 0.167. The second-order valence-corrected chi connectivity index (χ2v) is 9.13. The van der Waals surface area contributed by atoms with Gasteiger partial charge in [-0.3, -0.25) is 9.59 Å². The van der Waals surface area contributed by atoms with Crippen LogP contribution in [0.3, 0.4) is 0 Å². The third kappa shape index (κ3) is 5.06. The van der Waals surface area contributed by atoms with Gasteiger partial charge in [-0.15, -0.1) is 10.2 Å². The molecule has 3 heterocycles. The Morgan fingerprint density at radius 2 is 1.69 bits per heavy atom. The van der Waals surface area contributed by atoms with Crippen molar-refractivity contribution in [1.82, 2.24) is 20.0 Å². The number of carbonyl (C=O) groups is 2. The average molecular weight is 502 g/mol. The Labute approximate surface area is 213 Å². The van der Waals surface area contributed by atoms with Crippen molar-refractivity contribution in [2.45, 2.75) is 20.3 Å². The molecule has 0 aliphatic carbocycles. The SMILES string of the molecule is Cc1cc(C)n(-c2ccc(Nc3ccc(NC(=O)C4CC(=O)N(c5ccc(Cl)cc5)C4)cc3)nn2)n1. The molecule has 2 aromatic heterocycles. The lowest BCUT2D eigenvalue weighted by molar-refractivity contribution is -0.122. The van der Waals surface area contributed by atoms with Crippen LogP contribution in [0.1, 0.15) is 17.8 Å². The van der Waals surface area contributed by atoms with Gasteiger partial charge in [-0.25, -0.2) is 4.68 Å². The summed E-state index contributed by atoms with van der Waals surface area (Å²) in [6.45, 7) is 4.23. The van der Waals surface area contributed by atoms with Crippen LogP contribution in [0.2, 0.25) is 5.02 Å². The van der Waals surface area contributed by atoms with Gasteiger partial charge < -0.3 is 15.5 Å². The number of halogens is 1. The van der Waals surface area contributed by atoms with Crippen LogP contribution in [0.15, 0.2) is 66.7 Å². The van der Waals surface area contributed by atoms with Crippen molar-refractivity contribution in [1.29, 1.82) is 0 Å². The second-order valence-electron chi connectivity index (χ2n) is 8.69. The molecule has 0 spiro atoms. The van der Waals surface area contributed by atoms with Gasteiger partial charge in [-0.05, 0) is 80.6 Å². The molecule has 1 aliphatic rings. The Hall–Kier alpha value is -4.24. The fraction of sp³-hybridized carbons (Fsp3) is 0.192. The number of nitrogens with one attached hydrogen (secondary N) is 2. The largest absolute Gasteiger partial charge is 0.339 e. The summed E-state index contributed by atoms with van der Waals surface area (Å²) >= 11 is 5.93. The third-order valence-electron chi connectivity index (χ3n) is 5.94. The molecule has 2 N–H and O–H groups in total. The van der Waals surface area contributed by atoms with Gasteiger partial charge in [-0.1, -0.05) is 11.6 Å². The summed E-state index contributed by atoms with van der Waals surface area (Å²) < 4.78 is 1.75. The van der Waals surface area contributed by atoms with Gasteiger partial charge in [0.2, 0.25) is 11.8 Å². The van der Waals surface area contributed by atoms with Gasteiger partial charge >= 0.3 is 0 Å². The van der Waals surface area contributed by atoms with E-state index in [0.717, 1.165) is 22.8 Å². The molecular formula is C26H24ClN7O2. The number of hydrogen-bond acceptors (Lipinski definition) is 6. The zero-order valence-electron chi connectivity index (χ0n) is 19.8. The highest BCUT2D eigenvalue weighted by atomic mass is 35.5. The number of rotatable bonds is 6. The van der Waals surface area contributed by atoms with E-state index in [0.29, 0.717) is 28.9 Å². The molecule has 2 amide bonds. The molecule has 5 rings (SSSR count). The number of hydrogen-bond donors (Lipinski definition) is 2. The maximum Gasteiger partial charge on any atom is 0.229 e. The Morgan fingerprint density at radius 1 is 0.972 bits per heavy atom. The predicted molar refractivity (Wildman–Crippen MR) is 139 cm³/mol. The number of nitrogens with zero attached hydrogens (tertiary/aromatic N) is 5. The lowest BCUT2D eigenvalue weighted by Gasteiger charge is -2.17. The standard InChI is InChI=1S/C26H24ClN7O2/c1-16-13-17(2)34(32-16)24-12-11-23(30-31-24)28-20-5-7-21(8-6-20)29-26(36)18-14-25(35)33(15-18)22-9-3-19(27)4-10-22/h3-13,18H,14-15H2,1-2H3,(H,28,30)(H,29,36). The summed E-state index contributed by atoms with van der Waals surface area (Å²) in [5.41, 5.74) is 4.09. The first-order chi connectivity index (χ1) is 17.4. The maximum absolute atomic E-state index is 12.8. The first-order valence-electron chi connectivity index (χ1n) is 11.5. The quantitative estimate of drug-likeness (QED) is 0.398. The van der Waals surface area contributed by atoms with E-state index < -0.39 is 5.92 Å². The zero-order chi connectivity index (χ0) is 25.2. The molecule has 0 bridgehead atoms. The number of benzene rings is 2. The molecule has 2 aromatic carbocycles. The summed E-state index contributed by atoms with van der Waals surface area (Å²) in [4.78, 5) is 26.9. The predicted octanol–water partition coefficient (Wildman–Crippen LogP) is 4.67. The van der Waals surface area contributed by atoms with Crippen LogP contribution >= 0.6 is 11.6 Å². The summed E-state index contributed by atoms with van der Waals surface area (Å²) in [5.74, 6) is 0.531. The van der Waals surface area contributed by atoms with Gasteiger partial charge in [0.05, 0.1) is 11.6 Å². The summed E-state index contributed by atoms with van der Waals surface area (Å²) in [6, 6.07) is 20.0. The van der Waals surface area contributed by atoms with Crippen molar-refractivity contribution in [3.8, 4) is 5.82 Å². The molecule has 9 nitrogen and oxygen atoms in total. The summed E-state index contributed by atoms with van der Waals surface area (Å²) in [7, 11) is 0. The van der Waals surface area contributed by atoms with Crippen LogP contribution in [-0.2, 0) is 9.59 Å². The minimum Gasteiger partial charge on any atom is -0.339 e. The highest BCUT2D eigenvalue weighted by Gasteiger charge is 2.35. The Bertz CT molecular complexity index is 1400. The number of carbonyl (C=O) groups excluding carboxylic acids is 2. The van der Waals surface area contributed by atoms with Gasteiger partial charge in [0.1, 0.15) is 0 Å². The van der Waals surface area contributed by atoms with Crippen LogP contribution in [0.25, 0.3) is 5.82 Å². The fourth-order valence-electron chi connectivity index (χ4n) is 4.15. The molecule has 1 atom stereocenters. The summed E-state index contributed by atoms with van der Waals surface area (Å²) in [5, 5.41) is 19.6. The molecular weight excluding hydrogens is 478 g/mol. The number of aromatic nitrogens is 4. The van der Waals surface area contributed by atoms with E-state index >= 15 is 0 Å². The molecule has 1 unspecified atom stereocenters. The van der Waals surface area contributed by atoms with Crippen molar-refractivity contribution >= 4 is 46.3 Å². The smallest absolute Gasteiger partial charge is 0.229 e. The minimum absolute atomic E-state index is 0.0815. The van der Waals surface area contributed by atoms with Crippen molar-refractivity contribution < 1.29 is 9.59 Å². The van der Waals surface area contributed by atoms with E-state index in [1.54, 1.807) is 46.0 Å². The molecule has 10 heteroatoms. The Kier molecular flexibility index (Phi) is 6.39. The van der Waals surface area contributed by atoms with Crippen LogP contribution in [0.5, 0.6) is 0 Å². The van der Waals surface area contributed by atoms with Crippen molar-refractivity contribution in [2.24, 2.45) is 5.92 Å². The topological polar surface area (TPSA) is 105 Å². The van der Waals surface area contributed by atoms with Crippen LogP contribution < -0.4 is 15.5 Å². The molecule has 0 radical (unpaired) electrons. The highest BCUT2D eigenvalue weighted by Crippen LogP contribution is 2.27. The average Bonchev–Trinajstić information content (AvgIpc) is 3.42. The fourth-order valence-corrected chi connectivity index (χ4v) is 4.27. The number of anilines is 4. The van der Waals surface area contributed by atoms with E-state index in [1.807, 2.05) is 44.2 Å². The second kappa shape index (κ2) is 9.79. The number of amides is 2. The van der Waals surface area contributed by atoms with E-state index in [4.69, 9.17) is 11.6 Å². The van der Waals surface area contributed by atoms with Crippen molar-refractivity contribution in [3.63, 3.8) is 0 Å². The molecule has 182 valence electrons.